The minimum absolute atomic E-state index is 0.0187. The number of benzene rings is 1. The van der Waals surface area contributed by atoms with Gasteiger partial charge in [-0.3, -0.25) is 9.59 Å². The first-order valence-electron chi connectivity index (χ1n) is 10.7. The first-order chi connectivity index (χ1) is 15.5. The van der Waals surface area contributed by atoms with E-state index in [1.54, 1.807) is 12.2 Å². The van der Waals surface area contributed by atoms with Crippen LogP contribution in [0.15, 0.2) is 35.7 Å². The van der Waals surface area contributed by atoms with E-state index >= 15 is 0 Å². The number of carbonyl (C=O) groups is 2. The molecule has 32 heavy (non-hydrogen) atoms. The van der Waals surface area contributed by atoms with Gasteiger partial charge in [-0.15, -0.1) is 0 Å². The zero-order chi connectivity index (χ0) is 23.1. The number of aliphatic hydroxyl groups is 2. The van der Waals surface area contributed by atoms with Crippen molar-refractivity contribution >= 4 is 11.6 Å². The Balaban J connectivity index is 1.88. The molecule has 8 N–H and O–H groups in total. The van der Waals surface area contributed by atoms with E-state index in [0.717, 1.165) is 0 Å². The summed E-state index contributed by atoms with van der Waals surface area (Å²) in [6.45, 7) is 2.96. The number of phenolic OH excluding ortho intramolecular Hbond substituents is 2. The number of hydrogen-bond acceptors (Lipinski definition) is 10. The fourth-order valence-corrected chi connectivity index (χ4v) is 4.06. The lowest BCUT2D eigenvalue weighted by Crippen LogP contribution is -2.46. The van der Waals surface area contributed by atoms with Gasteiger partial charge in [0, 0.05) is 50.7 Å². The Bertz CT molecular complexity index is 841. The molecule has 10 nitrogen and oxygen atoms in total. The minimum atomic E-state index is -0.863. The molecule has 0 spiro atoms. The lowest BCUT2D eigenvalue weighted by atomic mass is 9.68. The van der Waals surface area contributed by atoms with Crippen LogP contribution in [0.5, 0.6) is 11.5 Å². The molecule has 1 aromatic rings. The van der Waals surface area contributed by atoms with Crippen molar-refractivity contribution in [3.8, 4) is 11.5 Å². The van der Waals surface area contributed by atoms with E-state index < -0.39 is 23.4 Å². The molecule has 2 atom stereocenters. The van der Waals surface area contributed by atoms with Crippen LogP contribution in [0.3, 0.4) is 0 Å². The molecule has 1 aromatic carbocycles. The first kappa shape index (κ1) is 23.7. The highest BCUT2D eigenvalue weighted by Crippen LogP contribution is 2.44. The number of aromatic hydroxyl groups is 2. The largest absolute Gasteiger partial charge is 0.507 e. The molecule has 0 heterocycles. The fraction of sp³-hybridized carbons (Fsp3) is 0.455. The number of allylic oxidation sites excluding steroid dienone is 4. The third-order valence-electron chi connectivity index (χ3n) is 5.50. The van der Waals surface area contributed by atoms with Crippen LogP contribution in [0.2, 0.25) is 0 Å². The van der Waals surface area contributed by atoms with Crippen molar-refractivity contribution in [1.29, 1.82) is 0 Å². The minimum Gasteiger partial charge on any atom is -0.507 e. The summed E-state index contributed by atoms with van der Waals surface area (Å²) in [5, 5.41) is 50.8. The van der Waals surface area contributed by atoms with Crippen molar-refractivity contribution in [2.45, 2.75) is 0 Å². The molecular formula is C22H30N4O6. The molecule has 2 unspecified atom stereocenters. The Morgan fingerprint density at radius 1 is 0.656 bits per heavy atom. The second-order valence-corrected chi connectivity index (χ2v) is 7.58. The lowest BCUT2D eigenvalue weighted by Gasteiger charge is -2.37. The first-order valence-corrected chi connectivity index (χ1v) is 10.7. The predicted molar refractivity (Wildman–Crippen MR) is 117 cm³/mol. The van der Waals surface area contributed by atoms with Crippen molar-refractivity contribution in [3.05, 3.63) is 46.8 Å². The van der Waals surface area contributed by atoms with Gasteiger partial charge in [0.25, 0.3) is 0 Å². The number of fused-ring (bicyclic) bond motifs is 2. The Morgan fingerprint density at radius 3 is 1.44 bits per heavy atom. The van der Waals surface area contributed by atoms with E-state index in [-0.39, 0.29) is 35.8 Å². The number of aliphatic hydroxyl groups excluding tert-OH is 2. The summed E-state index contributed by atoms with van der Waals surface area (Å²) < 4.78 is 0. The number of hydrogen-bond donors (Lipinski definition) is 8. The summed E-state index contributed by atoms with van der Waals surface area (Å²) >= 11 is 0. The summed E-state index contributed by atoms with van der Waals surface area (Å²) in [5.41, 5.74) is 0.787. The van der Waals surface area contributed by atoms with Gasteiger partial charge in [-0.25, -0.2) is 0 Å². The predicted octanol–water partition coefficient (Wildman–Crippen LogP) is -1.17. The summed E-state index contributed by atoms with van der Waals surface area (Å²) in [5.74, 6) is -3.28. The van der Waals surface area contributed by atoms with E-state index in [0.29, 0.717) is 50.7 Å². The third-order valence-corrected chi connectivity index (χ3v) is 5.50. The molecule has 0 amide bonds. The maximum absolute atomic E-state index is 13.4. The molecule has 0 saturated carbocycles. The molecule has 0 fully saturated rings. The average molecular weight is 447 g/mol. The van der Waals surface area contributed by atoms with Crippen LogP contribution in [-0.2, 0) is 0 Å². The Hall–Kier alpha value is -2.92. The lowest BCUT2D eigenvalue weighted by molar-refractivity contribution is 0.0770. The second-order valence-electron chi connectivity index (χ2n) is 7.58. The van der Waals surface area contributed by atoms with Crippen molar-refractivity contribution in [2.24, 2.45) is 11.8 Å². The van der Waals surface area contributed by atoms with Gasteiger partial charge in [-0.05, 0) is 24.3 Å². The van der Waals surface area contributed by atoms with Gasteiger partial charge in [-0.1, -0.05) is 0 Å². The molecule has 174 valence electrons. The van der Waals surface area contributed by atoms with Gasteiger partial charge in [0.05, 0.1) is 36.2 Å². The molecule has 2 aliphatic rings. The van der Waals surface area contributed by atoms with E-state index in [1.165, 1.54) is 12.1 Å². The quantitative estimate of drug-likeness (QED) is 0.145. The number of Topliss-reactive ketones (excluding diaryl/α,β-unsaturated/α-hetero) is 2. The number of ketones is 2. The average Bonchev–Trinajstić information content (AvgIpc) is 2.78. The summed E-state index contributed by atoms with van der Waals surface area (Å²) in [7, 11) is 0. The van der Waals surface area contributed by atoms with Gasteiger partial charge in [0.2, 0.25) is 0 Å². The van der Waals surface area contributed by atoms with E-state index in [1.807, 2.05) is 0 Å². The number of phenols is 2. The standard InChI is InChI=1S/C22H30N4O6/c27-11-9-23-5-7-25-13-1-2-14(26-8-6-24-10-12-28)18-17(13)21(31)19-15(29)3-4-16(30)20(19)22(18)32/h1-4,17-18,23-30H,5-12H2. The second kappa shape index (κ2) is 11.1. The Morgan fingerprint density at radius 2 is 1.06 bits per heavy atom. The zero-order valence-corrected chi connectivity index (χ0v) is 17.7. The van der Waals surface area contributed by atoms with Gasteiger partial charge < -0.3 is 41.7 Å². The molecule has 2 aliphatic carbocycles. The normalized spacial score (nSPS) is 19.7. The van der Waals surface area contributed by atoms with Gasteiger partial charge in [-0.2, -0.15) is 0 Å². The van der Waals surface area contributed by atoms with E-state index in [4.69, 9.17) is 10.2 Å². The number of nitrogens with one attached hydrogen (secondary N) is 4. The maximum Gasteiger partial charge on any atom is 0.177 e. The van der Waals surface area contributed by atoms with Crippen LogP contribution >= 0.6 is 0 Å². The number of rotatable bonds is 12. The smallest absolute Gasteiger partial charge is 0.177 e. The molecule has 0 saturated heterocycles. The molecule has 0 bridgehead atoms. The maximum atomic E-state index is 13.4. The topological polar surface area (TPSA) is 163 Å². The molecule has 10 heteroatoms. The number of carbonyl (C=O) groups excluding carboxylic acids is 2. The summed E-state index contributed by atoms with van der Waals surface area (Å²) in [4.78, 5) is 26.9. The van der Waals surface area contributed by atoms with Crippen LogP contribution in [0, 0.1) is 11.8 Å². The molecule has 0 aromatic heterocycles. The van der Waals surface area contributed by atoms with Crippen molar-refractivity contribution in [3.63, 3.8) is 0 Å². The van der Waals surface area contributed by atoms with Crippen LogP contribution in [0.1, 0.15) is 20.7 Å². The van der Waals surface area contributed by atoms with Gasteiger partial charge in [0.1, 0.15) is 11.5 Å². The highest BCUT2D eigenvalue weighted by atomic mass is 16.3. The SMILES string of the molecule is O=C1c2c(O)ccc(O)c2C(=O)C2C(NCCNCCO)=CC=C(NCCNCCO)C12. The molecule has 0 radical (unpaired) electrons. The summed E-state index contributed by atoms with van der Waals surface area (Å²) in [6.07, 6.45) is 3.49. The third kappa shape index (κ3) is 4.94. The molecule has 0 aliphatic heterocycles. The van der Waals surface area contributed by atoms with Crippen molar-refractivity contribution in [1.82, 2.24) is 21.3 Å². The highest BCUT2D eigenvalue weighted by Gasteiger charge is 2.48. The van der Waals surface area contributed by atoms with Crippen molar-refractivity contribution in [2.75, 3.05) is 52.5 Å². The van der Waals surface area contributed by atoms with Crippen LogP contribution < -0.4 is 21.3 Å². The fourth-order valence-electron chi connectivity index (χ4n) is 4.06. The Kier molecular flexibility index (Phi) is 8.23. The summed E-state index contributed by atoms with van der Waals surface area (Å²) in [6, 6.07) is 2.42. The van der Waals surface area contributed by atoms with E-state index in [2.05, 4.69) is 21.3 Å². The van der Waals surface area contributed by atoms with Crippen LogP contribution in [0.25, 0.3) is 0 Å². The molecular weight excluding hydrogens is 416 g/mol. The zero-order valence-electron chi connectivity index (χ0n) is 17.7. The van der Waals surface area contributed by atoms with Crippen LogP contribution in [-0.4, -0.2) is 84.5 Å². The van der Waals surface area contributed by atoms with E-state index in [9.17, 15) is 19.8 Å². The monoisotopic (exact) mass is 446 g/mol. The Labute approximate surface area is 186 Å². The highest BCUT2D eigenvalue weighted by molar-refractivity contribution is 6.20. The van der Waals surface area contributed by atoms with Gasteiger partial charge in [0.15, 0.2) is 11.6 Å². The van der Waals surface area contributed by atoms with Crippen LogP contribution in [0.4, 0.5) is 0 Å². The molecule has 3 rings (SSSR count). The van der Waals surface area contributed by atoms with Gasteiger partial charge >= 0.3 is 0 Å². The van der Waals surface area contributed by atoms with Crippen molar-refractivity contribution < 1.29 is 30.0 Å².